The normalized spacial score (nSPS) is 56.8. The van der Waals surface area contributed by atoms with E-state index in [1.807, 2.05) is 7.85 Å². The van der Waals surface area contributed by atoms with Gasteiger partial charge in [-0.15, -0.1) is 11.8 Å². The molecule has 0 amide bonds. The van der Waals surface area contributed by atoms with Crippen molar-refractivity contribution < 1.29 is 8.78 Å². The Labute approximate surface area is 101 Å². The number of hydrogen-bond acceptors (Lipinski definition) is 1. The van der Waals surface area contributed by atoms with Crippen molar-refractivity contribution in [1.29, 1.82) is 0 Å². The van der Waals surface area contributed by atoms with Gasteiger partial charge in [0.2, 0.25) is 0 Å². The van der Waals surface area contributed by atoms with Gasteiger partial charge in [0, 0.05) is 10.5 Å². The van der Waals surface area contributed by atoms with Gasteiger partial charge in [0.25, 0.3) is 0 Å². The first-order chi connectivity index (χ1) is 7.68. The standard InChI is InChI=1S/C12H19BF2S/c13-8-5-4-7-6-2-1-3-9(14)11(6)16-12(7)10(8)15/h6-12H,1-5,13H2. The quantitative estimate of drug-likeness (QED) is 0.590. The maximum absolute atomic E-state index is 14.2. The Morgan fingerprint density at radius 2 is 1.69 bits per heavy atom. The van der Waals surface area contributed by atoms with Crippen molar-refractivity contribution in [3.63, 3.8) is 0 Å². The summed E-state index contributed by atoms with van der Waals surface area (Å²) in [5.41, 5.74) is 0. The predicted octanol–water partition coefficient (Wildman–Crippen LogP) is 2.78. The van der Waals surface area contributed by atoms with Crippen molar-refractivity contribution in [3.8, 4) is 0 Å². The van der Waals surface area contributed by atoms with E-state index in [0.29, 0.717) is 18.3 Å². The fraction of sp³-hybridized carbons (Fsp3) is 1.00. The van der Waals surface area contributed by atoms with E-state index in [4.69, 9.17) is 0 Å². The second-order valence-corrected chi connectivity index (χ2v) is 7.20. The Kier molecular flexibility index (Phi) is 2.97. The number of hydrogen-bond donors (Lipinski definition) is 0. The number of fused-ring (bicyclic) bond motifs is 3. The van der Waals surface area contributed by atoms with E-state index >= 15 is 0 Å². The average molecular weight is 244 g/mol. The van der Waals surface area contributed by atoms with Crippen LogP contribution in [0.3, 0.4) is 0 Å². The highest BCUT2D eigenvalue weighted by atomic mass is 32.2. The minimum absolute atomic E-state index is 0.107. The van der Waals surface area contributed by atoms with Crippen LogP contribution < -0.4 is 0 Å². The minimum atomic E-state index is -0.693. The molecule has 0 aromatic rings. The van der Waals surface area contributed by atoms with Crippen LogP contribution in [0.2, 0.25) is 5.82 Å². The molecule has 2 aliphatic carbocycles. The van der Waals surface area contributed by atoms with Crippen molar-refractivity contribution in [3.05, 3.63) is 0 Å². The first-order valence-electron chi connectivity index (χ1n) is 6.62. The smallest absolute Gasteiger partial charge is 0.112 e. The fourth-order valence-electron chi connectivity index (χ4n) is 3.94. The summed E-state index contributed by atoms with van der Waals surface area (Å²) in [6, 6.07) is 0. The van der Waals surface area contributed by atoms with E-state index in [9.17, 15) is 8.78 Å². The summed E-state index contributed by atoms with van der Waals surface area (Å²) in [6.45, 7) is 0. The van der Waals surface area contributed by atoms with Gasteiger partial charge in [-0.2, -0.15) is 0 Å². The molecule has 0 spiro atoms. The Balaban J connectivity index is 1.81. The van der Waals surface area contributed by atoms with Crippen LogP contribution in [0.25, 0.3) is 0 Å². The molecule has 3 rings (SSSR count). The van der Waals surface area contributed by atoms with Crippen molar-refractivity contribution in [2.24, 2.45) is 11.8 Å². The molecule has 7 unspecified atom stereocenters. The fourth-order valence-corrected chi connectivity index (χ4v) is 6.11. The number of rotatable bonds is 0. The molecule has 2 saturated carbocycles. The van der Waals surface area contributed by atoms with Crippen molar-refractivity contribution >= 4 is 19.6 Å². The highest BCUT2D eigenvalue weighted by Crippen LogP contribution is 2.57. The van der Waals surface area contributed by atoms with E-state index < -0.39 is 12.3 Å². The lowest BCUT2D eigenvalue weighted by Gasteiger charge is -2.36. The van der Waals surface area contributed by atoms with E-state index in [0.717, 1.165) is 25.7 Å². The lowest BCUT2D eigenvalue weighted by Crippen LogP contribution is -2.37. The molecule has 3 fully saturated rings. The minimum Gasteiger partial charge on any atom is -0.247 e. The molecular weight excluding hydrogens is 225 g/mol. The summed E-state index contributed by atoms with van der Waals surface area (Å²) in [4.78, 5) is 0. The van der Waals surface area contributed by atoms with Crippen LogP contribution in [0.5, 0.6) is 0 Å². The van der Waals surface area contributed by atoms with Gasteiger partial charge < -0.3 is 0 Å². The third-order valence-electron chi connectivity index (χ3n) is 4.89. The summed E-state index contributed by atoms with van der Waals surface area (Å²) < 4.78 is 28.0. The van der Waals surface area contributed by atoms with Crippen LogP contribution in [0.4, 0.5) is 8.78 Å². The predicted molar refractivity (Wildman–Crippen MR) is 67.3 cm³/mol. The molecule has 0 aromatic heterocycles. The molecule has 0 aromatic carbocycles. The molecule has 1 saturated heterocycles. The molecular formula is C12H19BF2S. The van der Waals surface area contributed by atoms with Gasteiger partial charge in [0.1, 0.15) is 20.2 Å². The molecule has 1 heterocycles. The molecule has 90 valence electrons. The van der Waals surface area contributed by atoms with Gasteiger partial charge in [0.05, 0.1) is 0 Å². The number of halogens is 2. The van der Waals surface area contributed by atoms with Crippen molar-refractivity contribution in [2.45, 2.75) is 60.8 Å². The third-order valence-corrected chi connectivity index (χ3v) is 6.78. The summed E-state index contributed by atoms with van der Waals surface area (Å²) >= 11 is 1.65. The lowest BCUT2D eigenvalue weighted by molar-refractivity contribution is 0.132. The van der Waals surface area contributed by atoms with Gasteiger partial charge in [0.15, 0.2) is 0 Å². The zero-order valence-corrected chi connectivity index (χ0v) is 10.6. The maximum atomic E-state index is 14.2. The average Bonchev–Trinajstić information content (AvgIpc) is 2.65. The summed E-state index contributed by atoms with van der Waals surface area (Å²) in [5, 5.41) is 0.224. The topological polar surface area (TPSA) is 0 Å². The van der Waals surface area contributed by atoms with Gasteiger partial charge >= 0.3 is 0 Å². The largest absolute Gasteiger partial charge is 0.247 e. The highest BCUT2D eigenvalue weighted by molar-refractivity contribution is 8.00. The zero-order valence-electron chi connectivity index (χ0n) is 9.74. The van der Waals surface area contributed by atoms with Gasteiger partial charge in [-0.1, -0.05) is 12.8 Å². The maximum Gasteiger partial charge on any atom is 0.112 e. The Morgan fingerprint density at radius 1 is 0.938 bits per heavy atom. The molecule has 0 nitrogen and oxygen atoms in total. The van der Waals surface area contributed by atoms with E-state index in [-0.39, 0.29) is 16.3 Å². The first-order valence-corrected chi connectivity index (χ1v) is 7.56. The lowest BCUT2D eigenvalue weighted by atomic mass is 9.65. The summed E-state index contributed by atoms with van der Waals surface area (Å²) in [7, 11) is 2.01. The monoisotopic (exact) mass is 244 g/mol. The summed E-state index contributed by atoms with van der Waals surface area (Å²) in [5.74, 6) is 1.14. The van der Waals surface area contributed by atoms with E-state index in [2.05, 4.69) is 0 Å². The van der Waals surface area contributed by atoms with Crippen LogP contribution >= 0.6 is 11.8 Å². The zero-order chi connectivity index (χ0) is 11.3. The van der Waals surface area contributed by atoms with Crippen LogP contribution in [0.1, 0.15) is 32.1 Å². The molecule has 16 heavy (non-hydrogen) atoms. The third kappa shape index (κ3) is 1.63. The van der Waals surface area contributed by atoms with E-state index in [1.165, 1.54) is 0 Å². The Hall–Kier alpha value is 0.275. The Morgan fingerprint density at radius 3 is 2.50 bits per heavy atom. The van der Waals surface area contributed by atoms with Crippen LogP contribution in [0.15, 0.2) is 0 Å². The molecule has 1 aliphatic heterocycles. The first kappa shape index (κ1) is 11.4. The van der Waals surface area contributed by atoms with Gasteiger partial charge in [-0.25, -0.2) is 8.78 Å². The van der Waals surface area contributed by atoms with Crippen molar-refractivity contribution in [2.75, 3.05) is 0 Å². The number of alkyl halides is 2. The van der Waals surface area contributed by atoms with Gasteiger partial charge in [-0.3, -0.25) is 0 Å². The van der Waals surface area contributed by atoms with E-state index in [1.54, 1.807) is 11.8 Å². The SMILES string of the molecule is BC1CCC2C3CCCC(F)C3SC2C1F. The highest BCUT2D eigenvalue weighted by Gasteiger charge is 2.53. The molecule has 7 atom stereocenters. The second kappa shape index (κ2) is 4.18. The molecule has 3 aliphatic rings. The molecule has 0 bridgehead atoms. The molecule has 4 heteroatoms. The summed E-state index contributed by atoms with van der Waals surface area (Å²) in [6.07, 6.45) is 3.63. The van der Waals surface area contributed by atoms with Gasteiger partial charge in [-0.05, 0) is 36.9 Å². The van der Waals surface area contributed by atoms with Crippen molar-refractivity contribution in [1.82, 2.24) is 0 Å². The number of thioether (sulfide) groups is 1. The van der Waals surface area contributed by atoms with Crippen LogP contribution in [0, 0.1) is 11.8 Å². The second-order valence-electron chi connectivity index (χ2n) is 5.84. The van der Waals surface area contributed by atoms with Crippen LogP contribution in [-0.2, 0) is 0 Å². The molecule has 0 N–H and O–H groups in total. The van der Waals surface area contributed by atoms with Crippen LogP contribution in [-0.4, -0.2) is 30.7 Å². The Bertz CT molecular complexity index is 276. The molecule has 0 radical (unpaired) electrons.